The highest BCUT2D eigenvalue weighted by molar-refractivity contribution is 8.10. The molecule has 0 saturated carbocycles. The molecule has 5 nitrogen and oxygen atoms in total. The summed E-state index contributed by atoms with van der Waals surface area (Å²) >= 11 is 5.42. The third-order valence-electron chi connectivity index (χ3n) is 1.82. The number of ether oxygens (including phenoxy) is 1. The maximum Gasteiger partial charge on any atom is 0.321 e. The molecule has 0 bridgehead atoms. The fourth-order valence-corrected chi connectivity index (χ4v) is 2.04. The van der Waals surface area contributed by atoms with Crippen LogP contribution in [0.25, 0.3) is 0 Å². The summed E-state index contributed by atoms with van der Waals surface area (Å²) in [6.45, 7) is 0. The van der Waals surface area contributed by atoms with Gasteiger partial charge in [-0.3, -0.25) is 0 Å². The molecular weight excluding hydrogens is 254 g/mol. The number of aromatic hydroxyl groups is 1. The van der Waals surface area contributed by atoms with Gasteiger partial charge in [0.2, 0.25) is 0 Å². The number of para-hydroxylation sites is 2. The number of nitrogens with zero attached hydrogens (tertiary/aromatic N) is 1. The topological polar surface area (TPSA) is 76.0 Å². The van der Waals surface area contributed by atoms with E-state index >= 15 is 0 Å². The number of hydrogen-bond donors (Lipinski definition) is 1. The molecule has 1 aromatic carbocycles. The highest BCUT2D eigenvalue weighted by Gasteiger charge is 2.31. The molecule has 0 saturated heterocycles. The molecule has 16 heavy (non-hydrogen) atoms. The molecule has 0 unspecified atom stereocenters. The van der Waals surface area contributed by atoms with E-state index in [0.29, 0.717) is 0 Å². The van der Waals surface area contributed by atoms with Gasteiger partial charge in [0, 0.05) is 0 Å². The Balaban J connectivity index is 2.30. The van der Waals surface area contributed by atoms with E-state index in [9.17, 15) is 13.5 Å². The van der Waals surface area contributed by atoms with E-state index in [4.69, 9.17) is 16.3 Å². The predicted octanol–water partition coefficient (Wildman–Crippen LogP) is 1.59. The summed E-state index contributed by atoms with van der Waals surface area (Å²) in [6, 6.07) is 5.96. The van der Waals surface area contributed by atoms with Crippen molar-refractivity contribution in [1.29, 1.82) is 0 Å². The third-order valence-corrected chi connectivity index (χ3v) is 3.79. The molecule has 1 aliphatic heterocycles. The van der Waals surface area contributed by atoms with Gasteiger partial charge in [0.05, 0.1) is 6.20 Å². The molecule has 84 valence electrons. The van der Waals surface area contributed by atoms with Crippen molar-refractivity contribution in [1.82, 2.24) is 0 Å². The SMILES string of the molecule is O=S1(=O)C(Cl)=CN=C1Oc1ccccc1O. The summed E-state index contributed by atoms with van der Waals surface area (Å²) in [5, 5.41) is 8.84. The minimum Gasteiger partial charge on any atom is -0.504 e. The average Bonchev–Trinajstić information content (AvgIpc) is 2.48. The fourth-order valence-electron chi connectivity index (χ4n) is 1.04. The van der Waals surface area contributed by atoms with Crippen LogP contribution in [0.2, 0.25) is 0 Å². The highest BCUT2D eigenvalue weighted by atomic mass is 35.5. The second-order valence-electron chi connectivity index (χ2n) is 2.90. The van der Waals surface area contributed by atoms with Crippen LogP contribution in [0, 0.1) is 0 Å². The number of benzene rings is 1. The summed E-state index contributed by atoms with van der Waals surface area (Å²) in [6.07, 6.45) is 0.978. The van der Waals surface area contributed by atoms with E-state index in [1.165, 1.54) is 12.1 Å². The number of sulfone groups is 1. The van der Waals surface area contributed by atoms with E-state index in [0.717, 1.165) is 6.20 Å². The number of phenolic OH excluding ortho intramolecular Hbond substituents is 1. The Bertz CT molecular complexity index is 591. The zero-order chi connectivity index (χ0) is 11.8. The van der Waals surface area contributed by atoms with Crippen molar-refractivity contribution in [3.63, 3.8) is 0 Å². The summed E-state index contributed by atoms with van der Waals surface area (Å²) in [4.78, 5) is 3.51. The summed E-state index contributed by atoms with van der Waals surface area (Å²) in [7, 11) is -3.84. The van der Waals surface area contributed by atoms with E-state index in [-0.39, 0.29) is 11.5 Å². The first-order valence-corrected chi connectivity index (χ1v) is 6.02. The van der Waals surface area contributed by atoms with Crippen LogP contribution in [0.3, 0.4) is 0 Å². The molecule has 0 atom stereocenters. The molecule has 0 spiro atoms. The number of hydrogen-bond acceptors (Lipinski definition) is 5. The lowest BCUT2D eigenvalue weighted by Gasteiger charge is -2.06. The van der Waals surface area contributed by atoms with Crippen molar-refractivity contribution in [3.05, 3.63) is 34.8 Å². The minimum atomic E-state index is -3.84. The summed E-state index contributed by atoms with van der Waals surface area (Å²) in [5.74, 6) is -0.173. The van der Waals surface area contributed by atoms with Crippen molar-refractivity contribution < 1.29 is 18.3 Å². The van der Waals surface area contributed by atoms with Crippen LogP contribution in [0.5, 0.6) is 11.5 Å². The number of halogens is 1. The maximum absolute atomic E-state index is 11.5. The molecule has 1 aromatic rings. The van der Waals surface area contributed by atoms with Gasteiger partial charge in [0.25, 0.3) is 9.84 Å². The van der Waals surface area contributed by atoms with Gasteiger partial charge >= 0.3 is 5.23 Å². The van der Waals surface area contributed by atoms with Crippen LogP contribution in [0.1, 0.15) is 0 Å². The molecule has 1 N–H and O–H groups in total. The minimum absolute atomic E-state index is 0.00425. The first-order valence-electron chi connectivity index (χ1n) is 4.16. The lowest BCUT2D eigenvalue weighted by atomic mass is 10.3. The Morgan fingerprint density at radius 2 is 2.00 bits per heavy atom. The largest absolute Gasteiger partial charge is 0.504 e. The first-order chi connectivity index (χ1) is 7.51. The smallest absolute Gasteiger partial charge is 0.321 e. The van der Waals surface area contributed by atoms with Crippen LogP contribution >= 0.6 is 11.6 Å². The average molecular weight is 260 g/mol. The number of rotatable bonds is 1. The second kappa shape index (κ2) is 3.80. The standard InChI is InChI=1S/C9H6ClNO4S/c10-8-5-11-9(16(8,13)14)15-7-4-2-1-3-6(7)12/h1-5,12H. The van der Waals surface area contributed by atoms with Gasteiger partial charge in [0.1, 0.15) is 0 Å². The van der Waals surface area contributed by atoms with Gasteiger partial charge < -0.3 is 9.84 Å². The predicted molar refractivity (Wildman–Crippen MR) is 59.0 cm³/mol. The van der Waals surface area contributed by atoms with Crippen molar-refractivity contribution in [3.8, 4) is 11.5 Å². The maximum atomic E-state index is 11.5. The summed E-state index contributed by atoms with van der Waals surface area (Å²) in [5.41, 5.74) is 0. The first kappa shape index (κ1) is 11.0. The number of phenols is 1. The van der Waals surface area contributed by atoms with Crippen LogP contribution in [-0.2, 0) is 9.84 Å². The molecule has 0 aliphatic carbocycles. The monoisotopic (exact) mass is 259 g/mol. The van der Waals surface area contributed by atoms with Crippen molar-refractivity contribution in [2.45, 2.75) is 0 Å². The lowest BCUT2D eigenvalue weighted by molar-refractivity contribution is 0.436. The second-order valence-corrected chi connectivity index (χ2v) is 5.33. The Hall–Kier alpha value is -1.53. The zero-order valence-electron chi connectivity index (χ0n) is 7.79. The van der Waals surface area contributed by atoms with Gasteiger partial charge in [0.15, 0.2) is 15.9 Å². The van der Waals surface area contributed by atoms with Crippen LogP contribution < -0.4 is 4.74 Å². The normalized spacial score (nSPS) is 17.8. The quantitative estimate of drug-likeness (QED) is 0.831. The molecule has 2 rings (SSSR count). The Morgan fingerprint density at radius 1 is 1.31 bits per heavy atom. The molecule has 0 aromatic heterocycles. The van der Waals surface area contributed by atoms with Gasteiger partial charge in [-0.15, -0.1) is 0 Å². The van der Waals surface area contributed by atoms with Crippen LogP contribution in [-0.4, -0.2) is 18.8 Å². The van der Waals surface area contributed by atoms with E-state index in [1.807, 2.05) is 0 Å². The van der Waals surface area contributed by atoms with E-state index in [2.05, 4.69) is 4.99 Å². The zero-order valence-corrected chi connectivity index (χ0v) is 9.36. The van der Waals surface area contributed by atoms with Crippen LogP contribution in [0.15, 0.2) is 39.8 Å². The molecule has 0 amide bonds. The Labute approximate surface area is 96.6 Å². The summed E-state index contributed by atoms with van der Waals surface area (Å²) < 4.78 is 27.5. The van der Waals surface area contributed by atoms with Gasteiger partial charge in [-0.25, -0.2) is 13.4 Å². The van der Waals surface area contributed by atoms with Crippen LogP contribution in [0.4, 0.5) is 0 Å². The Morgan fingerprint density at radius 3 is 2.56 bits per heavy atom. The van der Waals surface area contributed by atoms with E-state index < -0.39 is 19.4 Å². The lowest BCUT2D eigenvalue weighted by Crippen LogP contribution is -2.17. The molecule has 1 aliphatic rings. The van der Waals surface area contributed by atoms with Crippen molar-refractivity contribution in [2.24, 2.45) is 4.99 Å². The van der Waals surface area contributed by atoms with Gasteiger partial charge in [-0.05, 0) is 12.1 Å². The molecule has 0 fully saturated rings. The Kier molecular flexibility index (Phi) is 2.61. The molecule has 1 heterocycles. The molecular formula is C9H6ClNO4S. The van der Waals surface area contributed by atoms with Crippen molar-refractivity contribution in [2.75, 3.05) is 0 Å². The third kappa shape index (κ3) is 1.77. The molecule has 0 radical (unpaired) electrons. The van der Waals surface area contributed by atoms with Crippen molar-refractivity contribution >= 4 is 26.7 Å². The van der Waals surface area contributed by atoms with Gasteiger partial charge in [-0.1, -0.05) is 23.7 Å². The number of aliphatic imine (C=N–C) groups is 1. The fraction of sp³-hybridized carbons (Fsp3) is 0. The highest BCUT2D eigenvalue weighted by Crippen LogP contribution is 2.28. The van der Waals surface area contributed by atoms with Gasteiger partial charge in [-0.2, -0.15) is 0 Å². The van der Waals surface area contributed by atoms with E-state index in [1.54, 1.807) is 12.1 Å². The molecule has 7 heteroatoms.